The normalized spacial score (nSPS) is 15.2. The Morgan fingerprint density at radius 1 is 1.18 bits per heavy atom. The van der Waals surface area contributed by atoms with Crippen LogP contribution in [-0.2, 0) is 19.9 Å². The molecule has 0 saturated heterocycles. The lowest BCUT2D eigenvalue weighted by atomic mass is 10.4. The summed E-state index contributed by atoms with van der Waals surface area (Å²) in [7, 11) is -8.06. The molecule has 10 heteroatoms. The van der Waals surface area contributed by atoms with Gasteiger partial charge in [-0.1, -0.05) is 12.1 Å². The van der Waals surface area contributed by atoms with Crippen molar-refractivity contribution in [3.8, 4) is 0 Å². The second-order valence-corrected chi connectivity index (χ2v) is 8.37. The van der Waals surface area contributed by atoms with Gasteiger partial charge in [-0.05, 0) is 25.1 Å². The average molecular weight is 345 g/mol. The van der Waals surface area contributed by atoms with Crippen LogP contribution in [0.1, 0.15) is 6.92 Å². The molecule has 0 atom stereocenters. The van der Waals surface area contributed by atoms with Gasteiger partial charge in [0.2, 0.25) is 0 Å². The van der Waals surface area contributed by atoms with Crippen molar-refractivity contribution in [3.63, 3.8) is 0 Å². The van der Waals surface area contributed by atoms with Gasteiger partial charge in [0.05, 0.1) is 11.4 Å². The Bertz CT molecular complexity index is 843. The number of hydrazine groups is 1. The average Bonchev–Trinajstić information content (AvgIpc) is 2.84. The van der Waals surface area contributed by atoms with Crippen LogP contribution in [0.4, 0.5) is 4.79 Å². The second-order valence-electron chi connectivity index (χ2n) is 4.74. The molecular weight excluding hydrogens is 330 g/mol. The van der Waals surface area contributed by atoms with E-state index in [9.17, 15) is 21.6 Å². The highest BCUT2D eigenvalue weighted by Gasteiger charge is 2.28. The van der Waals surface area contributed by atoms with E-state index < -0.39 is 30.8 Å². The highest BCUT2D eigenvalue weighted by atomic mass is 32.2. The number of urea groups is 1. The largest absolute Gasteiger partial charge is 0.350 e. The Morgan fingerprint density at radius 3 is 2.27 bits per heavy atom. The van der Waals surface area contributed by atoms with Crippen molar-refractivity contribution < 1.29 is 21.6 Å². The van der Waals surface area contributed by atoms with Crippen LogP contribution >= 0.6 is 0 Å². The van der Waals surface area contributed by atoms with Crippen LogP contribution in [0.3, 0.4) is 0 Å². The van der Waals surface area contributed by atoms with Gasteiger partial charge in [-0.15, -0.1) is 0 Å². The first kappa shape index (κ1) is 16.3. The maximum absolute atomic E-state index is 12.3. The smallest absolute Gasteiger partial charge is 0.299 e. The van der Waals surface area contributed by atoms with E-state index in [1.165, 1.54) is 18.2 Å². The number of hydrogen-bond donors (Lipinski definition) is 2. The van der Waals surface area contributed by atoms with Crippen LogP contribution < -0.4 is 10.1 Å². The summed E-state index contributed by atoms with van der Waals surface area (Å²) in [6.45, 7) is 1.93. The fourth-order valence-corrected chi connectivity index (χ4v) is 4.45. The molecule has 0 saturated carbocycles. The molecular formula is C12H15N3O5S2. The lowest BCUT2D eigenvalue weighted by Crippen LogP contribution is -2.46. The molecule has 0 bridgehead atoms. The zero-order valence-electron chi connectivity index (χ0n) is 11.9. The first-order chi connectivity index (χ1) is 10.1. The third-order valence-corrected chi connectivity index (χ3v) is 5.56. The number of nitrogens with zero attached hydrogens (tertiary/aromatic N) is 1. The Kier molecular flexibility index (Phi) is 4.16. The van der Waals surface area contributed by atoms with Gasteiger partial charge in [0.1, 0.15) is 4.90 Å². The SMILES string of the molecule is CC1=CCN(C(=O)NS(=O)(=O)c2ccccc2S(C)(=O)=O)N1. The zero-order valence-corrected chi connectivity index (χ0v) is 13.5. The predicted octanol–water partition coefficient (Wildman–Crippen LogP) is 0.212. The van der Waals surface area contributed by atoms with E-state index in [0.717, 1.165) is 17.3 Å². The first-order valence-electron chi connectivity index (χ1n) is 6.18. The Hall–Kier alpha value is -2.07. The van der Waals surface area contributed by atoms with E-state index in [1.54, 1.807) is 13.0 Å². The van der Waals surface area contributed by atoms with E-state index >= 15 is 0 Å². The van der Waals surface area contributed by atoms with Crippen LogP contribution in [-0.4, -0.2) is 40.7 Å². The summed E-state index contributed by atoms with van der Waals surface area (Å²) in [5.74, 6) is 0. The van der Waals surface area contributed by atoms with Gasteiger partial charge in [0.15, 0.2) is 9.84 Å². The second kappa shape index (κ2) is 5.61. The van der Waals surface area contributed by atoms with Gasteiger partial charge in [-0.3, -0.25) is 5.43 Å². The number of hydrogen-bond acceptors (Lipinski definition) is 6. The molecule has 120 valence electrons. The maximum Gasteiger partial charge on any atom is 0.350 e. The lowest BCUT2D eigenvalue weighted by molar-refractivity contribution is 0.199. The summed E-state index contributed by atoms with van der Waals surface area (Å²) in [6, 6.07) is 4.21. The van der Waals surface area contributed by atoms with Crippen molar-refractivity contribution in [3.05, 3.63) is 36.0 Å². The van der Waals surface area contributed by atoms with Gasteiger partial charge >= 0.3 is 6.03 Å². The summed E-state index contributed by atoms with van der Waals surface area (Å²) in [5, 5.41) is 1.07. The molecule has 1 aliphatic rings. The number of carbonyl (C=O) groups excluding carboxylic acids is 1. The molecule has 8 nitrogen and oxygen atoms in total. The molecule has 0 fully saturated rings. The molecule has 0 aliphatic carbocycles. The van der Waals surface area contributed by atoms with Crippen molar-refractivity contribution in [1.29, 1.82) is 0 Å². The van der Waals surface area contributed by atoms with Crippen molar-refractivity contribution in [2.45, 2.75) is 16.7 Å². The third kappa shape index (κ3) is 3.39. The zero-order chi connectivity index (χ0) is 16.5. The van der Waals surface area contributed by atoms with Crippen molar-refractivity contribution in [2.75, 3.05) is 12.8 Å². The molecule has 1 aliphatic heterocycles. The van der Waals surface area contributed by atoms with Crippen LogP contribution in [0.15, 0.2) is 45.8 Å². The number of sulfonamides is 1. The fraction of sp³-hybridized carbons (Fsp3) is 0.250. The molecule has 0 spiro atoms. The lowest BCUT2D eigenvalue weighted by Gasteiger charge is -2.18. The highest BCUT2D eigenvalue weighted by Crippen LogP contribution is 2.20. The van der Waals surface area contributed by atoms with Gasteiger partial charge in [0.25, 0.3) is 10.0 Å². The van der Waals surface area contributed by atoms with Gasteiger partial charge < -0.3 is 0 Å². The minimum Gasteiger partial charge on any atom is -0.299 e. The summed E-state index contributed by atoms with van der Waals surface area (Å²) in [5.41, 5.74) is 3.38. The van der Waals surface area contributed by atoms with E-state index in [2.05, 4.69) is 5.43 Å². The number of benzene rings is 1. The van der Waals surface area contributed by atoms with E-state index in [-0.39, 0.29) is 11.4 Å². The molecule has 2 N–H and O–H groups in total. The van der Waals surface area contributed by atoms with Gasteiger partial charge in [-0.25, -0.2) is 31.4 Å². The Balaban J connectivity index is 2.31. The Morgan fingerprint density at radius 2 is 1.77 bits per heavy atom. The number of allylic oxidation sites excluding steroid dienone is 1. The van der Waals surface area contributed by atoms with Gasteiger partial charge in [0, 0.05) is 12.0 Å². The Labute approximate surface area is 128 Å². The van der Waals surface area contributed by atoms with Crippen molar-refractivity contribution in [2.24, 2.45) is 0 Å². The molecule has 1 heterocycles. The van der Waals surface area contributed by atoms with Crippen LogP contribution in [0.2, 0.25) is 0 Å². The minimum absolute atomic E-state index is 0.209. The quantitative estimate of drug-likeness (QED) is 0.810. The molecule has 0 radical (unpaired) electrons. The van der Waals surface area contributed by atoms with E-state index in [1.807, 2.05) is 4.72 Å². The topological polar surface area (TPSA) is 113 Å². The molecule has 0 aromatic heterocycles. The molecule has 1 aromatic carbocycles. The maximum atomic E-state index is 12.3. The number of carbonyl (C=O) groups is 1. The van der Waals surface area contributed by atoms with Crippen LogP contribution in [0.5, 0.6) is 0 Å². The molecule has 1 aromatic rings. The molecule has 22 heavy (non-hydrogen) atoms. The van der Waals surface area contributed by atoms with E-state index in [4.69, 9.17) is 0 Å². The standard InChI is InChI=1S/C12H15N3O5S2/c1-9-7-8-15(13-9)12(16)14-22(19,20)11-6-4-3-5-10(11)21(2,17)18/h3-7,13H,8H2,1-2H3,(H,14,16). The number of amides is 2. The minimum atomic E-state index is -4.31. The summed E-state index contributed by atoms with van der Waals surface area (Å²) in [6.07, 6.45) is 2.61. The molecule has 2 amide bonds. The summed E-state index contributed by atoms with van der Waals surface area (Å²) < 4.78 is 49.8. The van der Waals surface area contributed by atoms with E-state index in [0.29, 0.717) is 5.70 Å². The van der Waals surface area contributed by atoms with Crippen LogP contribution in [0.25, 0.3) is 0 Å². The monoisotopic (exact) mass is 345 g/mol. The fourth-order valence-electron chi connectivity index (χ4n) is 1.87. The number of rotatable bonds is 3. The molecule has 0 unspecified atom stereocenters. The predicted molar refractivity (Wildman–Crippen MR) is 78.9 cm³/mol. The third-order valence-electron chi connectivity index (χ3n) is 2.90. The summed E-state index contributed by atoms with van der Waals surface area (Å²) >= 11 is 0. The van der Waals surface area contributed by atoms with Gasteiger partial charge in [-0.2, -0.15) is 0 Å². The van der Waals surface area contributed by atoms with Crippen LogP contribution in [0, 0.1) is 0 Å². The number of sulfone groups is 1. The molecule has 2 rings (SSSR count). The number of nitrogens with one attached hydrogen (secondary N) is 2. The summed E-state index contributed by atoms with van der Waals surface area (Å²) in [4.78, 5) is 11.1. The van der Waals surface area contributed by atoms with Crippen molar-refractivity contribution in [1.82, 2.24) is 15.2 Å². The first-order valence-corrected chi connectivity index (χ1v) is 9.55. The van der Waals surface area contributed by atoms with Crippen molar-refractivity contribution >= 4 is 25.9 Å². The highest BCUT2D eigenvalue weighted by molar-refractivity contribution is 7.93.